The molecule has 0 radical (unpaired) electrons. The number of hydrogen-bond acceptors (Lipinski definition) is 7. The summed E-state index contributed by atoms with van der Waals surface area (Å²) in [6.07, 6.45) is 1.04. The van der Waals surface area contributed by atoms with Crippen LogP contribution in [0.15, 0.2) is 48.7 Å². The maximum atomic E-state index is 14.1. The summed E-state index contributed by atoms with van der Waals surface area (Å²) in [7, 11) is 1.53. The minimum absolute atomic E-state index is 0.0437. The minimum Gasteiger partial charge on any atom is -0.508 e. The average molecular weight is 397 g/mol. The molecule has 9 heteroatoms. The molecule has 0 aliphatic rings. The summed E-state index contributed by atoms with van der Waals surface area (Å²) in [5, 5.41) is 18.1. The number of nitrogens with zero attached hydrogens (tertiary/aromatic N) is 2. The number of anilines is 4. The second kappa shape index (κ2) is 8.87. The summed E-state index contributed by atoms with van der Waals surface area (Å²) in [6.45, 7) is 1.66. The summed E-state index contributed by atoms with van der Waals surface area (Å²) in [5.41, 5.74) is 1.80. The van der Waals surface area contributed by atoms with Gasteiger partial charge in [-0.05, 0) is 30.7 Å². The Morgan fingerprint density at radius 2 is 1.97 bits per heavy atom. The van der Waals surface area contributed by atoms with Gasteiger partial charge in [0.05, 0.1) is 6.20 Å². The highest BCUT2D eigenvalue weighted by molar-refractivity contribution is 5.77. The van der Waals surface area contributed by atoms with Crippen molar-refractivity contribution >= 4 is 29.0 Å². The Balaban J connectivity index is 1.74. The zero-order valence-corrected chi connectivity index (χ0v) is 15.9. The van der Waals surface area contributed by atoms with Gasteiger partial charge in [0, 0.05) is 30.6 Å². The molecular formula is C20H20FN5O3. The van der Waals surface area contributed by atoms with Crippen LogP contribution in [0.4, 0.5) is 27.5 Å². The molecule has 0 fully saturated rings. The van der Waals surface area contributed by atoms with Gasteiger partial charge in [-0.2, -0.15) is 4.98 Å². The maximum Gasteiger partial charge on any atom is 0.257 e. The Morgan fingerprint density at radius 1 is 1.17 bits per heavy atom. The number of phenols is 1. The van der Waals surface area contributed by atoms with Gasteiger partial charge >= 0.3 is 0 Å². The third kappa shape index (κ3) is 5.32. The Labute approximate surface area is 166 Å². The molecule has 0 bridgehead atoms. The number of carbonyl (C=O) groups excluding carboxylic acids is 1. The molecule has 3 rings (SSSR count). The van der Waals surface area contributed by atoms with Gasteiger partial charge < -0.3 is 25.8 Å². The molecule has 8 nitrogen and oxygen atoms in total. The number of benzene rings is 2. The van der Waals surface area contributed by atoms with Crippen molar-refractivity contribution in [1.29, 1.82) is 0 Å². The predicted octanol–water partition coefficient (Wildman–Crippen LogP) is 3.24. The molecule has 4 N–H and O–H groups in total. The van der Waals surface area contributed by atoms with Crippen LogP contribution in [-0.4, -0.2) is 34.6 Å². The van der Waals surface area contributed by atoms with Gasteiger partial charge in [0.15, 0.2) is 18.2 Å². The third-order valence-electron chi connectivity index (χ3n) is 3.95. The lowest BCUT2D eigenvalue weighted by molar-refractivity contribution is -0.122. The van der Waals surface area contributed by atoms with Crippen molar-refractivity contribution in [2.45, 2.75) is 6.92 Å². The van der Waals surface area contributed by atoms with Gasteiger partial charge in [0.1, 0.15) is 11.5 Å². The van der Waals surface area contributed by atoms with Crippen LogP contribution < -0.4 is 20.7 Å². The zero-order valence-electron chi connectivity index (χ0n) is 15.9. The number of halogens is 1. The second-order valence-electron chi connectivity index (χ2n) is 6.13. The van der Waals surface area contributed by atoms with Crippen molar-refractivity contribution in [3.63, 3.8) is 0 Å². The van der Waals surface area contributed by atoms with E-state index >= 15 is 0 Å². The molecule has 0 atom stereocenters. The predicted molar refractivity (Wildman–Crippen MR) is 107 cm³/mol. The van der Waals surface area contributed by atoms with E-state index in [1.165, 1.54) is 13.1 Å². The summed E-state index contributed by atoms with van der Waals surface area (Å²) >= 11 is 0. The van der Waals surface area contributed by atoms with E-state index < -0.39 is 5.82 Å². The molecule has 0 unspecified atom stereocenters. The van der Waals surface area contributed by atoms with E-state index in [0.29, 0.717) is 22.7 Å². The molecule has 2 aromatic carbocycles. The van der Waals surface area contributed by atoms with E-state index in [-0.39, 0.29) is 30.0 Å². The molecule has 1 amide bonds. The first kappa shape index (κ1) is 19.9. The van der Waals surface area contributed by atoms with Crippen LogP contribution in [0.5, 0.6) is 11.5 Å². The molecule has 1 heterocycles. The topological polar surface area (TPSA) is 108 Å². The van der Waals surface area contributed by atoms with Crippen LogP contribution in [0.2, 0.25) is 0 Å². The maximum absolute atomic E-state index is 14.1. The average Bonchev–Trinajstić information content (AvgIpc) is 2.71. The van der Waals surface area contributed by atoms with E-state index in [2.05, 4.69) is 25.9 Å². The Morgan fingerprint density at radius 3 is 2.72 bits per heavy atom. The fraction of sp³-hybridized carbons (Fsp3) is 0.150. The summed E-state index contributed by atoms with van der Waals surface area (Å²) in [5.74, 6) is -0.196. The number of likely N-dealkylation sites (N-methyl/N-ethyl adjacent to an activating group) is 1. The number of hydrogen-bond donors (Lipinski definition) is 4. The molecule has 29 heavy (non-hydrogen) atoms. The van der Waals surface area contributed by atoms with Crippen molar-refractivity contribution in [3.8, 4) is 11.5 Å². The molecule has 3 aromatic rings. The highest BCUT2D eigenvalue weighted by Crippen LogP contribution is 2.25. The quantitative estimate of drug-likeness (QED) is 0.485. The van der Waals surface area contributed by atoms with Crippen molar-refractivity contribution in [3.05, 3.63) is 60.0 Å². The molecule has 0 saturated carbocycles. The number of carbonyl (C=O) groups is 1. The van der Waals surface area contributed by atoms with E-state index in [0.717, 1.165) is 6.20 Å². The summed E-state index contributed by atoms with van der Waals surface area (Å²) in [6, 6.07) is 11.8. The van der Waals surface area contributed by atoms with Gasteiger partial charge in [-0.3, -0.25) is 4.79 Å². The van der Waals surface area contributed by atoms with Crippen LogP contribution >= 0.6 is 0 Å². The molecule has 1 aromatic heterocycles. The van der Waals surface area contributed by atoms with Gasteiger partial charge in [-0.25, -0.2) is 9.37 Å². The lowest BCUT2D eigenvalue weighted by Crippen LogP contribution is -2.24. The van der Waals surface area contributed by atoms with Gasteiger partial charge in [-0.1, -0.05) is 12.1 Å². The largest absolute Gasteiger partial charge is 0.508 e. The summed E-state index contributed by atoms with van der Waals surface area (Å²) in [4.78, 5) is 19.4. The Bertz CT molecular complexity index is 1030. The normalized spacial score (nSPS) is 10.3. The molecule has 0 saturated heterocycles. The van der Waals surface area contributed by atoms with E-state index in [9.17, 15) is 14.3 Å². The minimum atomic E-state index is -0.640. The van der Waals surface area contributed by atoms with Crippen LogP contribution in [0.1, 0.15) is 5.56 Å². The molecular weight excluding hydrogens is 377 g/mol. The highest BCUT2D eigenvalue weighted by Gasteiger charge is 2.09. The van der Waals surface area contributed by atoms with Crippen LogP contribution in [-0.2, 0) is 4.79 Å². The Kier molecular flexibility index (Phi) is 6.08. The number of ether oxygens (including phenoxy) is 1. The smallest absolute Gasteiger partial charge is 0.257 e. The number of aromatic nitrogens is 2. The lowest BCUT2D eigenvalue weighted by atomic mass is 10.2. The first-order chi connectivity index (χ1) is 13.9. The molecule has 0 aliphatic carbocycles. The number of aryl methyl sites for hydroxylation is 1. The van der Waals surface area contributed by atoms with Crippen molar-refractivity contribution in [1.82, 2.24) is 15.3 Å². The first-order valence-corrected chi connectivity index (χ1v) is 8.74. The standard InChI is InChI=1S/C20H20FN5O3/c1-12-6-7-14(9-17(12)27)24-19-16(21)10-23-20(26-19)25-13-4-3-5-15(8-13)29-11-18(28)22-2/h3-10,27H,11H2,1-2H3,(H,22,28)(H2,23,24,25,26). The van der Waals surface area contributed by atoms with Gasteiger partial charge in [-0.15, -0.1) is 0 Å². The summed E-state index contributed by atoms with van der Waals surface area (Å²) < 4.78 is 19.5. The molecule has 150 valence electrons. The van der Waals surface area contributed by atoms with Crippen molar-refractivity contribution in [2.75, 3.05) is 24.3 Å². The number of phenolic OH excluding ortho intramolecular Hbond substituents is 1. The highest BCUT2D eigenvalue weighted by atomic mass is 19.1. The number of aromatic hydroxyl groups is 1. The molecule has 0 aliphatic heterocycles. The van der Waals surface area contributed by atoms with E-state index in [1.54, 1.807) is 43.3 Å². The van der Waals surface area contributed by atoms with Crippen LogP contribution in [0.3, 0.4) is 0 Å². The fourth-order valence-corrected chi connectivity index (χ4v) is 2.35. The van der Waals surface area contributed by atoms with E-state index in [1.807, 2.05) is 0 Å². The van der Waals surface area contributed by atoms with Crippen LogP contribution in [0, 0.1) is 12.7 Å². The number of amides is 1. The molecule has 0 spiro atoms. The first-order valence-electron chi connectivity index (χ1n) is 8.74. The number of rotatable bonds is 7. The van der Waals surface area contributed by atoms with Crippen molar-refractivity contribution in [2.24, 2.45) is 0 Å². The zero-order chi connectivity index (χ0) is 20.8. The number of nitrogens with one attached hydrogen (secondary N) is 3. The Hall–Kier alpha value is -3.88. The monoisotopic (exact) mass is 397 g/mol. The van der Waals surface area contributed by atoms with Crippen LogP contribution in [0.25, 0.3) is 0 Å². The van der Waals surface area contributed by atoms with Gasteiger partial charge in [0.2, 0.25) is 5.95 Å². The third-order valence-corrected chi connectivity index (χ3v) is 3.95. The van der Waals surface area contributed by atoms with Gasteiger partial charge in [0.25, 0.3) is 5.91 Å². The lowest BCUT2D eigenvalue weighted by Gasteiger charge is -2.11. The SMILES string of the molecule is CNC(=O)COc1cccc(Nc2ncc(F)c(Nc3ccc(C)c(O)c3)n2)c1. The van der Waals surface area contributed by atoms with Crippen molar-refractivity contribution < 1.29 is 19.0 Å². The second-order valence-corrected chi connectivity index (χ2v) is 6.13. The van der Waals surface area contributed by atoms with E-state index in [4.69, 9.17) is 4.74 Å². The fourth-order valence-electron chi connectivity index (χ4n) is 2.35.